The summed E-state index contributed by atoms with van der Waals surface area (Å²) >= 11 is 0. The zero-order valence-electron chi connectivity index (χ0n) is 14.7. The number of para-hydroxylation sites is 2. The zero-order valence-corrected chi connectivity index (χ0v) is 14.7. The number of nitrogens with one attached hydrogen (secondary N) is 1. The molecule has 0 fully saturated rings. The van der Waals surface area contributed by atoms with Gasteiger partial charge in [0, 0.05) is 17.2 Å². The minimum Gasteiger partial charge on any atom is -0.317 e. The maximum atomic E-state index is 11.2. The van der Waals surface area contributed by atoms with E-state index in [2.05, 4.69) is 20.5 Å². The standard InChI is InChI=1S/C21H15N5O2/c27-26(28)18-14-8-7-13-17(18)22-21-23-19(15-9-3-1-4-10-15)20(24-25-21)16-11-5-2-6-12-16/h1-14H,(H,22,23,25). The SMILES string of the molecule is O=[N+]([O-])c1ccccc1Nc1nnc(-c2ccccc2)c(-c2ccccc2)n1. The molecule has 0 aliphatic carbocycles. The number of benzene rings is 3. The number of nitro groups is 1. The van der Waals surface area contributed by atoms with Crippen LogP contribution < -0.4 is 5.32 Å². The minimum absolute atomic E-state index is 0.0560. The van der Waals surface area contributed by atoms with Crippen molar-refractivity contribution in [2.24, 2.45) is 0 Å². The molecule has 0 saturated heterocycles. The second kappa shape index (κ2) is 7.63. The molecule has 1 heterocycles. The number of nitrogens with zero attached hydrogens (tertiary/aromatic N) is 4. The number of hydrogen-bond acceptors (Lipinski definition) is 6. The maximum absolute atomic E-state index is 11.2. The lowest BCUT2D eigenvalue weighted by Crippen LogP contribution is -2.04. The van der Waals surface area contributed by atoms with Crippen LogP contribution in [0.25, 0.3) is 22.5 Å². The van der Waals surface area contributed by atoms with Gasteiger partial charge in [-0.1, -0.05) is 72.8 Å². The van der Waals surface area contributed by atoms with Crippen molar-refractivity contribution >= 4 is 17.3 Å². The predicted molar refractivity (Wildman–Crippen MR) is 107 cm³/mol. The molecule has 136 valence electrons. The Morgan fingerprint density at radius 2 is 1.29 bits per heavy atom. The van der Waals surface area contributed by atoms with Crippen LogP contribution in [-0.4, -0.2) is 20.1 Å². The third-order valence-electron chi connectivity index (χ3n) is 4.13. The number of nitro benzene ring substituents is 1. The molecule has 0 atom stereocenters. The quantitative estimate of drug-likeness (QED) is 0.399. The molecule has 4 aromatic rings. The summed E-state index contributed by atoms with van der Waals surface area (Å²) < 4.78 is 0. The Morgan fingerprint density at radius 3 is 1.93 bits per heavy atom. The Kier molecular flexibility index (Phi) is 4.71. The smallest absolute Gasteiger partial charge is 0.292 e. The van der Waals surface area contributed by atoms with E-state index in [1.165, 1.54) is 6.07 Å². The van der Waals surface area contributed by atoms with E-state index in [0.29, 0.717) is 17.1 Å². The molecule has 1 aromatic heterocycles. The van der Waals surface area contributed by atoms with E-state index in [0.717, 1.165) is 11.1 Å². The third kappa shape index (κ3) is 3.54. The van der Waals surface area contributed by atoms with Gasteiger partial charge in [-0.25, -0.2) is 4.98 Å². The topological polar surface area (TPSA) is 93.8 Å². The number of anilines is 2. The van der Waals surface area contributed by atoms with Crippen LogP contribution in [0.1, 0.15) is 0 Å². The van der Waals surface area contributed by atoms with Gasteiger partial charge in [-0.2, -0.15) is 0 Å². The molecule has 0 bridgehead atoms. The highest BCUT2D eigenvalue weighted by Crippen LogP contribution is 2.30. The van der Waals surface area contributed by atoms with Crippen LogP contribution in [0.2, 0.25) is 0 Å². The van der Waals surface area contributed by atoms with Gasteiger partial charge in [-0.05, 0) is 6.07 Å². The van der Waals surface area contributed by atoms with Gasteiger partial charge < -0.3 is 5.32 Å². The summed E-state index contributed by atoms with van der Waals surface area (Å²) in [6.45, 7) is 0. The van der Waals surface area contributed by atoms with E-state index in [9.17, 15) is 10.1 Å². The monoisotopic (exact) mass is 369 g/mol. The molecule has 4 rings (SSSR count). The van der Waals surface area contributed by atoms with Crippen molar-refractivity contribution in [1.29, 1.82) is 0 Å². The van der Waals surface area contributed by atoms with Crippen molar-refractivity contribution in [3.8, 4) is 22.5 Å². The molecule has 0 spiro atoms. The lowest BCUT2D eigenvalue weighted by Gasteiger charge is -2.10. The normalized spacial score (nSPS) is 10.4. The van der Waals surface area contributed by atoms with Crippen molar-refractivity contribution in [3.63, 3.8) is 0 Å². The van der Waals surface area contributed by atoms with Crippen LogP contribution in [0.15, 0.2) is 84.9 Å². The van der Waals surface area contributed by atoms with Crippen molar-refractivity contribution < 1.29 is 4.92 Å². The molecule has 1 N–H and O–H groups in total. The summed E-state index contributed by atoms with van der Waals surface area (Å²) in [6, 6.07) is 25.6. The molecule has 0 aliphatic rings. The van der Waals surface area contributed by atoms with E-state index in [1.54, 1.807) is 18.2 Å². The summed E-state index contributed by atoms with van der Waals surface area (Å²) in [5.74, 6) is 0.188. The first-order valence-corrected chi connectivity index (χ1v) is 8.58. The largest absolute Gasteiger partial charge is 0.317 e. The van der Waals surface area contributed by atoms with Crippen LogP contribution in [0.3, 0.4) is 0 Å². The first-order chi connectivity index (χ1) is 13.7. The highest BCUT2D eigenvalue weighted by atomic mass is 16.6. The molecular formula is C21H15N5O2. The fourth-order valence-corrected chi connectivity index (χ4v) is 2.83. The fourth-order valence-electron chi connectivity index (χ4n) is 2.83. The van der Waals surface area contributed by atoms with Gasteiger partial charge in [0.15, 0.2) is 0 Å². The average Bonchev–Trinajstić information content (AvgIpc) is 2.75. The molecule has 3 aromatic carbocycles. The van der Waals surface area contributed by atoms with Crippen LogP contribution in [0.4, 0.5) is 17.3 Å². The number of rotatable bonds is 5. The Morgan fingerprint density at radius 1 is 0.714 bits per heavy atom. The van der Waals surface area contributed by atoms with Gasteiger partial charge in [0.25, 0.3) is 5.69 Å². The van der Waals surface area contributed by atoms with Crippen LogP contribution >= 0.6 is 0 Å². The van der Waals surface area contributed by atoms with Crippen molar-refractivity contribution in [3.05, 3.63) is 95.0 Å². The van der Waals surface area contributed by atoms with Crippen LogP contribution in [0, 0.1) is 10.1 Å². The van der Waals surface area contributed by atoms with Gasteiger partial charge in [-0.15, -0.1) is 10.2 Å². The maximum Gasteiger partial charge on any atom is 0.292 e. The van der Waals surface area contributed by atoms with Gasteiger partial charge in [0.05, 0.1) is 4.92 Å². The summed E-state index contributed by atoms with van der Waals surface area (Å²) in [7, 11) is 0. The molecule has 0 amide bonds. The second-order valence-corrected chi connectivity index (χ2v) is 5.96. The number of hydrogen-bond donors (Lipinski definition) is 1. The van der Waals surface area contributed by atoms with Crippen molar-refractivity contribution in [1.82, 2.24) is 15.2 Å². The van der Waals surface area contributed by atoms with E-state index in [4.69, 9.17) is 0 Å². The fraction of sp³-hybridized carbons (Fsp3) is 0. The first-order valence-electron chi connectivity index (χ1n) is 8.58. The third-order valence-corrected chi connectivity index (χ3v) is 4.13. The molecule has 0 saturated carbocycles. The van der Waals surface area contributed by atoms with E-state index in [-0.39, 0.29) is 11.6 Å². The highest BCUT2D eigenvalue weighted by molar-refractivity contribution is 5.78. The summed E-state index contributed by atoms with van der Waals surface area (Å²) in [4.78, 5) is 15.4. The van der Waals surface area contributed by atoms with Crippen molar-refractivity contribution in [2.45, 2.75) is 0 Å². The summed E-state index contributed by atoms with van der Waals surface area (Å²) in [6.07, 6.45) is 0. The molecule has 7 heteroatoms. The van der Waals surface area contributed by atoms with Crippen LogP contribution in [-0.2, 0) is 0 Å². The van der Waals surface area contributed by atoms with E-state index >= 15 is 0 Å². The second-order valence-electron chi connectivity index (χ2n) is 5.96. The lowest BCUT2D eigenvalue weighted by molar-refractivity contribution is -0.383. The predicted octanol–water partition coefficient (Wildman–Crippen LogP) is 4.86. The zero-order chi connectivity index (χ0) is 19.3. The minimum atomic E-state index is -0.452. The van der Waals surface area contributed by atoms with Crippen LogP contribution in [0.5, 0.6) is 0 Å². The Labute approximate surface area is 160 Å². The lowest BCUT2D eigenvalue weighted by atomic mass is 10.0. The Balaban J connectivity index is 1.80. The molecule has 0 aliphatic heterocycles. The van der Waals surface area contributed by atoms with Gasteiger partial charge in [0.2, 0.25) is 5.95 Å². The van der Waals surface area contributed by atoms with Gasteiger partial charge >= 0.3 is 0 Å². The van der Waals surface area contributed by atoms with Gasteiger partial charge in [-0.3, -0.25) is 10.1 Å². The van der Waals surface area contributed by atoms with Gasteiger partial charge in [0.1, 0.15) is 17.1 Å². The van der Waals surface area contributed by atoms with E-state index < -0.39 is 4.92 Å². The van der Waals surface area contributed by atoms with E-state index in [1.807, 2.05) is 60.7 Å². The Hall–Kier alpha value is -4.13. The number of aromatic nitrogens is 3. The molecule has 0 radical (unpaired) electrons. The summed E-state index contributed by atoms with van der Waals surface area (Å²) in [5.41, 5.74) is 3.29. The molecular weight excluding hydrogens is 354 g/mol. The van der Waals surface area contributed by atoms with Crippen molar-refractivity contribution in [2.75, 3.05) is 5.32 Å². The molecule has 7 nitrogen and oxygen atoms in total. The summed E-state index contributed by atoms with van der Waals surface area (Å²) in [5, 5.41) is 22.7. The first kappa shape index (κ1) is 17.3. The average molecular weight is 369 g/mol. The Bertz CT molecular complexity index is 1120. The highest BCUT2D eigenvalue weighted by Gasteiger charge is 2.17. The molecule has 28 heavy (non-hydrogen) atoms. The molecule has 0 unspecified atom stereocenters.